The number of nitrogens with zero attached hydrogens (tertiary/aromatic N) is 3. The normalized spacial score (nSPS) is 10.9. The van der Waals surface area contributed by atoms with Crippen molar-refractivity contribution >= 4 is 33.2 Å². The van der Waals surface area contributed by atoms with E-state index in [-0.39, 0.29) is 5.91 Å². The largest absolute Gasteiger partial charge is 0.489 e. The fourth-order valence-corrected chi connectivity index (χ4v) is 4.15. The van der Waals surface area contributed by atoms with Gasteiger partial charge in [0.15, 0.2) is 0 Å². The third kappa shape index (κ3) is 4.64. The minimum Gasteiger partial charge on any atom is -0.489 e. The van der Waals surface area contributed by atoms with Gasteiger partial charge in [-0.25, -0.2) is 0 Å². The van der Waals surface area contributed by atoms with Crippen molar-refractivity contribution in [3.05, 3.63) is 67.6 Å². The molecule has 0 aliphatic rings. The molecule has 2 heterocycles. The monoisotopic (exact) mass is 461 g/mol. The number of rotatable bonds is 7. The molecular weight excluding hydrogens is 438 g/mol. The molecule has 2 aromatic heterocycles. The van der Waals surface area contributed by atoms with Crippen molar-refractivity contribution in [1.82, 2.24) is 14.7 Å². The summed E-state index contributed by atoms with van der Waals surface area (Å²) in [6.07, 6.45) is 1.77. The Kier molecular flexibility index (Phi) is 6.57. The van der Waals surface area contributed by atoms with Crippen molar-refractivity contribution in [2.24, 2.45) is 0 Å². The first kappa shape index (κ1) is 20.6. The van der Waals surface area contributed by atoms with Gasteiger partial charge < -0.3 is 9.64 Å². The van der Waals surface area contributed by atoms with E-state index in [2.05, 4.69) is 40.9 Å². The zero-order valence-electron chi connectivity index (χ0n) is 16.5. The molecule has 0 bridgehead atoms. The first-order valence-electron chi connectivity index (χ1n) is 9.12. The second-order valence-corrected chi connectivity index (χ2v) is 8.54. The number of halogens is 1. The van der Waals surface area contributed by atoms with Crippen LogP contribution in [0.2, 0.25) is 0 Å². The second-order valence-electron chi connectivity index (χ2n) is 6.77. The zero-order chi connectivity index (χ0) is 20.3. The molecule has 0 saturated heterocycles. The molecule has 0 saturated carbocycles. The molecule has 0 atom stereocenters. The molecular formula is C21H24BrN3O2S. The molecule has 0 aliphatic heterocycles. The number of hydrogen-bond donors (Lipinski definition) is 0. The van der Waals surface area contributed by atoms with Gasteiger partial charge in [0.2, 0.25) is 0 Å². The number of thiophene rings is 1. The summed E-state index contributed by atoms with van der Waals surface area (Å²) in [7, 11) is 1.81. The lowest BCUT2D eigenvalue weighted by atomic mass is 10.1. The average Bonchev–Trinajstić information content (AvgIpc) is 3.29. The zero-order valence-corrected chi connectivity index (χ0v) is 18.9. The summed E-state index contributed by atoms with van der Waals surface area (Å²) < 4.78 is 8.69. The van der Waals surface area contributed by atoms with E-state index in [1.54, 1.807) is 11.1 Å². The number of carbonyl (C=O) groups is 1. The minimum absolute atomic E-state index is 0.00168. The van der Waals surface area contributed by atoms with Crippen LogP contribution in [0, 0.1) is 13.8 Å². The SMILES string of the molecule is CCn1ncc(Br)c1CN(C)C(=O)c1cc(COc2ccc(C)c(C)c2)cs1. The Morgan fingerprint density at radius 3 is 2.79 bits per heavy atom. The van der Waals surface area contributed by atoms with Crippen molar-refractivity contribution in [2.75, 3.05) is 7.05 Å². The summed E-state index contributed by atoms with van der Waals surface area (Å²) >= 11 is 4.96. The highest BCUT2D eigenvalue weighted by Gasteiger charge is 2.18. The van der Waals surface area contributed by atoms with Gasteiger partial charge in [-0.05, 0) is 71.4 Å². The van der Waals surface area contributed by atoms with Gasteiger partial charge in [-0.2, -0.15) is 5.10 Å². The number of aromatic nitrogens is 2. The Morgan fingerprint density at radius 1 is 1.29 bits per heavy atom. The van der Waals surface area contributed by atoms with Crippen LogP contribution in [0.1, 0.15) is 39.0 Å². The van der Waals surface area contributed by atoms with Crippen LogP contribution in [0.15, 0.2) is 40.3 Å². The lowest BCUT2D eigenvalue weighted by Gasteiger charge is -2.17. The van der Waals surface area contributed by atoms with Crippen LogP contribution in [0.5, 0.6) is 5.75 Å². The molecule has 0 radical (unpaired) electrons. The number of hydrogen-bond acceptors (Lipinski definition) is 4. The van der Waals surface area contributed by atoms with Crippen LogP contribution in [-0.4, -0.2) is 27.6 Å². The van der Waals surface area contributed by atoms with Crippen LogP contribution < -0.4 is 4.74 Å². The van der Waals surface area contributed by atoms with Crippen LogP contribution in [0.25, 0.3) is 0 Å². The van der Waals surface area contributed by atoms with E-state index in [0.717, 1.165) is 28.0 Å². The standard InChI is InChI=1S/C21H24BrN3O2S/c1-5-25-19(18(22)10-23-25)11-24(4)21(26)20-9-16(13-28-20)12-27-17-7-6-14(2)15(3)8-17/h6-10,13H,5,11-12H2,1-4H3. The number of amides is 1. The fraction of sp³-hybridized carbons (Fsp3) is 0.333. The van der Waals surface area contributed by atoms with Crippen molar-refractivity contribution < 1.29 is 9.53 Å². The highest BCUT2D eigenvalue weighted by atomic mass is 79.9. The molecule has 0 aliphatic carbocycles. The van der Waals surface area contributed by atoms with Gasteiger partial charge in [0, 0.05) is 19.2 Å². The molecule has 0 N–H and O–H groups in total. The summed E-state index contributed by atoms with van der Waals surface area (Å²) in [5, 5.41) is 6.29. The van der Waals surface area contributed by atoms with E-state index in [1.165, 1.54) is 22.5 Å². The van der Waals surface area contributed by atoms with E-state index < -0.39 is 0 Å². The highest BCUT2D eigenvalue weighted by Crippen LogP contribution is 2.23. The van der Waals surface area contributed by atoms with E-state index in [9.17, 15) is 4.79 Å². The number of aryl methyl sites for hydroxylation is 3. The van der Waals surface area contributed by atoms with E-state index in [1.807, 2.05) is 42.2 Å². The number of carbonyl (C=O) groups excluding carboxylic acids is 1. The fourth-order valence-electron chi connectivity index (χ4n) is 2.84. The minimum atomic E-state index is -0.00168. The van der Waals surface area contributed by atoms with Crippen LogP contribution >= 0.6 is 27.3 Å². The molecule has 0 spiro atoms. The summed E-state index contributed by atoms with van der Waals surface area (Å²) in [6.45, 7) is 7.90. The Bertz CT molecular complexity index is 980. The third-order valence-corrected chi connectivity index (χ3v) is 6.31. The molecule has 7 heteroatoms. The van der Waals surface area contributed by atoms with Gasteiger partial charge >= 0.3 is 0 Å². The second kappa shape index (κ2) is 8.92. The Hall–Kier alpha value is -2.12. The molecule has 0 fully saturated rings. The first-order chi connectivity index (χ1) is 13.4. The molecule has 5 nitrogen and oxygen atoms in total. The predicted molar refractivity (Wildman–Crippen MR) is 116 cm³/mol. The molecule has 3 aromatic rings. The first-order valence-corrected chi connectivity index (χ1v) is 10.8. The molecule has 0 unspecified atom stereocenters. The Morgan fingerprint density at radius 2 is 2.07 bits per heavy atom. The van der Waals surface area contributed by atoms with Gasteiger partial charge in [-0.3, -0.25) is 9.48 Å². The molecule has 3 rings (SSSR count). The smallest absolute Gasteiger partial charge is 0.264 e. The van der Waals surface area contributed by atoms with Gasteiger partial charge in [-0.1, -0.05) is 6.07 Å². The average molecular weight is 462 g/mol. The topological polar surface area (TPSA) is 47.4 Å². The van der Waals surface area contributed by atoms with Gasteiger partial charge in [0.1, 0.15) is 12.4 Å². The number of benzene rings is 1. The van der Waals surface area contributed by atoms with E-state index in [4.69, 9.17) is 4.74 Å². The van der Waals surface area contributed by atoms with Crippen molar-refractivity contribution in [2.45, 2.75) is 40.5 Å². The molecule has 1 amide bonds. The van der Waals surface area contributed by atoms with Gasteiger partial charge in [-0.15, -0.1) is 11.3 Å². The lowest BCUT2D eigenvalue weighted by molar-refractivity contribution is 0.0786. The van der Waals surface area contributed by atoms with Crippen molar-refractivity contribution in [1.29, 1.82) is 0 Å². The van der Waals surface area contributed by atoms with Crippen LogP contribution in [-0.2, 0) is 19.7 Å². The Labute approximate surface area is 178 Å². The van der Waals surface area contributed by atoms with Gasteiger partial charge in [0.05, 0.1) is 27.8 Å². The van der Waals surface area contributed by atoms with E-state index in [0.29, 0.717) is 18.0 Å². The maximum Gasteiger partial charge on any atom is 0.264 e. The lowest BCUT2D eigenvalue weighted by Crippen LogP contribution is -2.27. The quantitative estimate of drug-likeness (QED) is 0.485. The number of ether oxygens (including phenoxy) is 1. The van der Waals surface area contributed by atoms with Crippen molar-refractivity contribution in [3.8, 4) is 5.75 Å². The summed E-state index contributed by atoms with van der Waals surface area (Å²) in [6, 6.07) is 7.98. The third-order valence-electron chi connectivity index (χ3n) is 4.68. The molecule has 28 heavy (non-hydrogen) atoms. The van der Waals surface area contributed by atoms with Gasteiger partial charge in [0.25, 0.3) is 5.91 Å². The van der Waals surface area contributed by atoms with Crippen LogP contribution in [0.4, 0.5) is 0 Å². The predicted octanol–water partition coefficient (Wildman–Crippen LogP) is 5.20. The van der Waals surface area contributed by atoms with Crippen LogP contribution in [0.3, 0.4) is 0 Å². The van der Waals surface area contributed by atoms with Crippen molar-refractivity contribution in [3.63, 3.8) is 0 Å². The summed E-state index contributed by atoms with van der Waals surface area (Å²) in [5.41, 5.74) is 4.45. The maximum atomic E-state index is 12.8. The summed E-state index contributed by atoms with van der Waals surface area (Å²) in [4.78, 5) is 15.2. The summed E-state index contributed by atoms with van der Waals surface area (Å²) in [5.74, 6) is 0.843. The Balaban J connectivity index is 1.63. The van der Waals surface area contributed by atoms with E-state index >= 15 is 0 Å². The molecule has 1 aromatic carbocycles. The molecule has 148 valence electrons. The maximum absolute atomic E-state index is 12.8. The highest BCUT2D eigenvalue weighted by molar-refractivity contribution is 9.10.